The third kappa shape index (κ3) is 5.78. The highest BCUT2D eigenvalue weighted by molar-refractivity contribution is 6.06. The number of carbonyl (C=O) groups excluding carboxylic acids is 2. The van der Waals surface area contributed by atoms with Crippen LogP contribution >= 0.6 is 0 Å². The van der Waals surface area contributed by atoms with Gasteiger partial charge in [0.25, 0.3) is 5.91 Å². The standard InChI is InChI=1S/C27H36F3N3O4/c1-6-8-14-32(15-9-10-16-33-24(35)26(3,4)31(5)25(33)36)21-13-12-18-20(27(28,29)30)17-22(34)37-23(18)19(21)11-7-2/h12-13,17H,6-11,14-16H2,1-5H3. The van der Waals surface area contributed by atoms with E-state index in [1.807, 2.05) is 6.92 Å². The zero-order chi connectivity index (χ0) is 27.5. The smallest absolute Gasteiger partial charge is 0.417 e. The summed E-state index contributed by atoms with van der Waals surface area (Å²) in [6, 6.07) is 3.26. The molecule has 1 aromatic heterocycles. The van der Waals surface area contributed by atoms with Gasteiger partial charge in [-0.05, 0) is 51.7 Å². The number of benzene rings is 1. The molecular formula is C27H36F3N3O4. The van der Waals surface area contributed by atoms with E-state index in [1.54, 1.807) is 27.0 Å². The Balaban J connectivity index is 1.88. The first-order valence-corrected chi connectivity index (χ1v) is 12.9. The van der Waals surface area contributed by atoms with Crippen LogP contribution in [0, 0.1) is 0 Å². The summed E-state index contributed by atoms with van der Waals surface area (Å²) in [4.78, 5) is 42.0. The molecule has 1 fully saturated rings. The number of hydrogen-bond donors (Lipinski definition) is 0. The molecular weight excluding hydrogens is 487 g/mol. The number of alkyl halides is 3. The molecule has 3 rings (SSSR count). The van der Waals surface area contributed by atoms with Gasteiger partial charge >= 0.3 is 17.8 Å². The van der Waals surface area contributed by atoms with Crippen LogP contribution < -0.4 is 10.5 Å². The lowest BCUT2D eigenvalue weighted by molar-refractivity contribution is -0.136. The highest BCUT2D eigenvalue weighted by Crippen LogP contribution is 2.38. The quantitative estimate of drug-likeness (QED) is 0.211. The number of nitrogens with zero attached hydrogens (tertiary/aromatic N) is 3. The van der Waals surface area contributed by atoms with Crippen LogP contribution in [-0.4, -0.2) is 54.0 Å². The maximum absolute atomic E-state index is 13.7. The molecule has 2 heterocycles. The first-order chi connectivity index (χ1) is 17.3. The van der Waals surface area contributed by atoms with Crippen molar-refractivity contribution in [2.24, 2.45) is 0 Å². The fourth-order valence-corrected chi connectivity index (χ4v) is 4.75. The lowest BCUT2D eigenvalue weighted by Crippen LogP contribution is -2.41. The Morgan fingerprint density at radius 2 is 1.68 bits per heavy atom. The van der Waals surface area contributed by atoms with Crippen LogP contribution in [0.4, 0.5) is 23.7 Å². The molecule has 10 heteroatoms. The molecule has 0 aliphatic carbocycles. The summed E-state index contributed by atoms with van der Waals surface area (Å²) in [6.45, 7) is 8.99. The predicted octanol–water partition coefficient (Wildman–Crippen LogP) is 5.82. The normalized spacial score (nSPS) is 15.8. The van der Waals surface area contributed by atoms with Crippen molar-refractivity contribution in [3.63, 3.8) is 0 Å². The van der Waals surface area contributed by atoms with Gasteiger partial charge in [0, 0.05) is 49.4 Å². The van der Waals surface area contributed by atoms with Crippen LogP contribution in [0.5, 0.6) is 0 Å². The zero-order valence-electron chi connectivity index (χ0n) is 22.2. The predicted molar refractivity (Wildman–Crippen MR) is 137 cm³/mol. The molecule has 1 aliphatic heterocycles. The molecule has 1 saturated heterocycles. The van der Waals surface area contributed by atoms with Crippen molar-refractivity contribution in [1.29, 1.82) is 0 Å². The van der Waals surface area contributed by atoms with Gasteiger partial charge in [0.2, 0.25) is 0 Å². The number of carbonyl (C=O) groups is 2. The molecule has 0 spiro atoms. The molecule has 2 aromatic rings. The molecule has 0 unspecified atom stereocenters. The number of rotatable bonds is 11. The Kier molecular flexibility index (Phi) is 8.59. The van der Waals surface area contributed by atoms with Gasteiger partial charge in [-0.25, -0.2) is 9.59 Å². The minimum absolute atomic E-state index is 0.0146. The lowest BCUT2D eigenvalue weighted by atomic mass is 10.00. The third-order valence-corrected chi connectivity index (χ3v) is 7.10. The van der Waals surface area contributed by atoms with Crippen molar-refractivity contribution in [2.75, 3.05) is 31.6 Å². The van der Waals surface area contributed by atoms with Crippen LogP contribution in [0.1, 0.15) is 70.9 Å². The number of imide groups is 1. The average Bonchev–Trinajstić information content (AvgIpc) is 2.97. The molecule has 0 bridgehead atoms. The number of likely N-dealkylation sites (N-methyl/N-ethyl adjacent to an activating group) is 1. The van der Waals surface area contributed by atoms with Gasteiger partial charge in [0.05, 0.1) is 5.56 Å². The Labute approximate surface area is 215 Å². The summed E-state index contributed by atoms with van der Waals surface area (Å²) in [5, 5.41) is -0.118. The first-order valence-electron chi connectivity index (χ1n) is 12.9. The molecule has 0 saturated carbocycles. The number of amides is 3. The van der Waals surface area contributed by atoms with Crippen LogP contribution in [0.3, 0.4) is 0 Å². The van der Waals surface area contributed by atoms with Crippen LogP contribution in [0.2, 0.25) is 0 Å². The van der Waals surface area contributed by atoms with Crippen molar-refractivity contribution in [3.8, 4) is 0 Å². The minimum Gasteiger partial charge on any atom is -0.422 e. The fraction of sp³-hybridized carbons (Fsp3) is 0.593. The van der Waals surface area contributed by atoms with E-state index in [2.05, 4.69) is 11.8 Å². The van der Waals surface area contributed by atoms with E-state index in [0.717, 1.165) is 18.5 Å². The highest BCUT2D eigenvalue weighted by atomic mass is 19.4. The Bertz CT molecular complexity index is 1210. The molecule has 3 amide bonds. The summed E-state index contributed by atoms with van der Waals surface area (Å²) in [5.41, 5.74) is -1.56. The number of urea groups is 1. The van der Waals surface area contributed by atoms with Gasteiger partial charge in [-0.1, -0.05) is 26.7 Å². The average molecular weight is 524 g/mol. The molecule has 0 radical (unpaired) electrons. The maximum Gasteiger partial charge on any atom is 0.417 e. The summed E-state index contributed by atoms with van der Waals surface area (Å²) in [6.07, 6.45) is -0.492. The van der Waals surface area contributed by atoms with Gasteiger partial charge in [0.15, 0.2) is 0 Å². The fourth-order valence-electron chi connectivity index (χ4n) is 4.75. The number of aryl methyl sites for hydroxylation is 1. The van der Waals surface area contributed by atoms with Crippen molar-refractivity contribution in [1.82, 2.24) is 9.80 Å². The van der Waals surface area contributed by atoms with E-state index in [9.17, 15) is 27.6 Å². The van der Waals surface area contributed by atoms with Gasteiger partial charge in [-0.2, -0.15) is 13.2 Å². The third-order valence-electron chi connectivity index (χ3n) is 7.10. The molecule has 1 aliphatic rings. The van der Waals surface area contributed by atoms with E-state index in [-0.39, 0.29) is 22.9 Å². The van der Waals surface area contributed by atoms with Crippen molar-refractivity contribution in [3.05, 3.63) is 39.7 Å². The number of hydrogen-bond acceptors (Lipinski definition) is 5. The van der Waals surface area contributed by atoms with E-state index in [1.165, 1.54) is 15.9 Å². The van der Waals surface area contributed by atoms with E-state index in [0.29, 0.717) is 56.9 Å². The van der Waals surface area contributed by atoms with Gasteiger partial charge in [-0.15, -0.1) is 0 Å². The lowest BCUT2D eigenvalue weighted by Gasteiger charge is -2.28. The van der Waals surface area contributed by atoms with Crippen molar-refractivity contribution < 1.29 is 27.2 Å². The number of fused-ring (bicyclic) bond motifs is 1. The first kappa shape index (κ1) is 28.5. The number of halogens is 3. The molecule has 204 valence electrons. The number of anilines is 1. The van der Waals surface area contributed by atoms with Gasteiger partial charge in [0.1, 0.15) is 11.1 Å². The van der Waals surface area contributed by atoms with Crippen LogP contribution in [0.15, 0.2) is 27.4 Å². The van der Waals surface area contributed by atoms with Crippen molar-refractivity contribution in [2.45, 2.75) is 77.9 Å². The summed E-state index contributed by atoms with van der Waals surface area (Å²) >= 11 is 0. The second kappa shape index (κ2) is 11.1. The monoisotopic (exact) mass is 523 g/mol. The molecule has 37 heavy (non-hydrogen) atoms. The second-order valence-electron chi connectivity index (χ2n) is 10.1. The summed E-state index contributed by atoms with van der Waals surface area (Å²) in [5.74, 6) is -0.224. The Hall–Kier alpha value is -3.04. The topological polar surface area (TPSA) is 74.1 Å². The minimum atomic E-state index is -4.67. The van der Waals surface area contributed by atoms with Gasteiger partial charge in [-0.3, -0.25) is 9.69 Å². The SMILES string of the molecule is CCCCN(CCCCN1C(=O)N(C)C(C)(C)C1=O)c1ccc2c(C(F)(F)F)cc(=O)oc2c1CCC. The summed E-state index contributed by atoms with van der Waals surface area (Å²) in [7, 11) is 1.62. The maximum atomic E-state index is 13.7. The van der Waals surface area contributed by atoms with E-state index < -0.39 is 22.9 Å². The highest BCUT2D eigenvalue weighted by Gasteiger charge is 2.48. The molecule has 0 atom stereocenters. The Morgan fingerprint density at radius 3 is 2.24 bits per heavy atom. The van der Waals surface area contributed by atoms with Crippen LogP contribution in [-0.2, 0) is 17.4 Å². The summed E-state index contributed by atoms with van der Waals surface area (Å²) < 4.78 is 46.3. The van der Waals surface area contributed by atoms with E-state index >= 15 is 0 Å². The van der Waals surface area contributed by atoms with Crippen molar-refractivity contribution >= 4 is 28.6 Å². The molecule has 1 aromatic carbocycles. The van der Waals surface area contributed by atoms with Gasteiger partial charge < -0.3 is 14.2 Å². The number of unbranched alkanes of at least 4 members (excludes halogenated alkanes) is 2. The van der Waals surface area contributed by atoms with E-state index in [4.69, 9.17) is 4.42 Å². The zero-order valence-corrected chi connectivity index (χ0v) is 22.2. The molecule has 0 N–H and O–H groups in total. The largest absolute Gasteiger partial charge is 0.422 e. The van der Waals surface area contributed by atoms with Crippen LogP contribution in [0.25, 0.3) is 11.0 Å². The Morgan fingerprint density at radius 1 is 1.00 bits per heavy atom. The molecule has 7 nitrogen and oxygen atoms in total. The second-order valence-corrected chi connectivity index (χ2v) is 10.1.